The topological polar surface area (TPSA) is 40.5 Å². The van der Waals surface area contributed by atoms with Gasteiger partial charge in [-0.3, -0.25) is 4.79 Å². The second kappa shape index (κ2) is 7.28. The molecule has 0 radical (unpaired) electrons. The van der Waals surface area contributed by atoms with Crippen LogP contribution in [0.5, 0.6) is 5.75 Å². The van der Waals surface area contributed by atoms with E-state index in [1.165, 1.54) is 5.56 Å². The summed E-state index contributed by atoms with van der Waals surface area (Å²) in [4.78, 5) is 13.6. The van der Waals surface area contributed by atoms with Crippen LogP contribution in [-0.4, -0.2) is 10.9 Å². The van der Waals surface area contributed by atoms with Crippen molar-refractivity contribution in [1.82, 2.24) is 0 Å². The van der Waals surface area contributed by atoms with Crippen LogP contribution in [0.3, 0.4) is 0 Å². The van der Waals surface area contributed by atoms with E-state index in [0.717, 1.165) is 11.4 Å². The highest BCUT2D eigenvalue weighted by Gasteiger charge is 2.18. The fourth-order valence-corrected chi connectivity index (χ4v) is 3.04. The average Bonchev–Trinajstić information content (AvgIpc) is 2.64. The van der Waals surface area contributed by atoms with Gasteiger partial charge in [-0.05, 0) is 66.4 Å². The number of rotatable bonds is 4. The summed E-state index contributed by atoms with van der Waals surface area (Å²) in [6.07, 6.45) is 0. The number of aromatic hydroxyl groups is 1. The first-order chi connectivity index (χ1) is 12.8. The van der Waals surface area contributed by atoms with Crippen LogP contribution in [0.25, 0.3) is 0 Å². The van der Waals surface area contributed by atoms with Crippen molar-refractivity contribution >= 4 is 22.8 Å². The molecule has 0 aliphatic carbocycles. The van der Waals surface area contributed by atoms with E-state index in [0.29, 0.717) is 11.3 Å². The fraction of sp³-hybridized carbons (Fsp3) is 0.208. The summed E-state index contributed by atoms with van der Waals surface area (Å²) in [6.45, 7) is 8.11. The molecular weight excluding hydrogens is 334 g/mol. The first-order valence-electron chi connectivity index (χ1n) is 9.07. The summed E-state index contributed by atoms with van der Waals surface area (Å²) in [6, 6.07) is 23.1. The minimum atomic E-state index is 0.0326. The molecule has 3 nitrogen and oxygen atoms in total. The number of para-hydroxylation sites is 2. The number of ketones is 1. The highest BCUT2D eigenvalue weighted by Crippen LogP contribution is 2.40. The van der Waals surface area contributed by atoms with Crippen molar-refractivity contribution in [3.63, 3.8) is 0 Å². The molecule has 138 valence electrons. The van der Waals surface area contributed by atoms with E-state index in [-0.39, 0.29) is 16.9 Å². The van der Waals surface area contributed by atoms with Crippen LogP contribution in [0.2, 0.25) is 0 Å². The van der Waals surface area contributed by atoms with Crippen molar-refractivity contribution in [2.75, 3.05) is 4.90 Å². The maximum atomic E-state index is 11.6. The molecule has 0 aromatic heterocycles. The van der Waals surface area contributed by atoms with Gasteiger partial charge in [0.25, 0.3) is 0 Å². The molecule has 0 atom stereocenters. The second-order valence-electron chi connectivity index (χ2n) is 7.72. The Morgan fingerprint density at radius 1 is 0.815 bits per heavy atom. The Morgan fingerprint density at radius 2 is 1.33 bits per heavy atom. The number of carbonyl (C=O) groups excluding carboxylic acids is 1. The number of hydrogen-bond acceptors (Lipinski definition) is 3. The third-order valence-electron chi connectivity index (χ3n) is 4.65. The molecule has 0 saturated heterocycles. The number of benzene rings is 3. The molecule has 1 N–H and O–H groups in total. The summed E-state index contributed by atoms with van der Waals surface area (Å²) in [5.74, 6) is 0.234. The van der Waals surface area contributed by atoms with E-state index in [1.807, 2.05) is 41.3 Å². The zero-order valence-electron chi connectivity index (χ0n) is 16.2. The van der Waals surface area contributed by atoms with Gasteiger partial charge in [-0.15, -0.1) is 0 Å². The van der Waals surface area contributed by atoms with E-state index in [4.69, 9.17) is 0 Å². The molecule has 0 saturated carbocycles. The quantitative estimate of drug-likeness (QED) is 0.551. The Hall–Kier alpha value is -3.07. The third-order valence-corrected chi connectivity index (χ3v) is 4.65. The molecular formula is C24H25NO2. The van der Waals surface area contributed by atoms with Crippen LogP contribution >= 0.6 is 0 Å². The van der Waals surface area contributed by atoms with Gasteiger partial charge in [-0.2, -0.15) is 0 Å². The van der Waals surface area contributed by atoms with E-state index in [2.05, 4.69) is 45.0 Å². The van der Waals surface area contributed by atoms with Crippen molar-refractivity contribution in [2.24, 2.45) is 0 Å². The molecule has 3 heteroatoms. The van der Waals surface area contributed by atoms with Crippen LogP contribution in [-0.2, 0) is 5.41 Å². The van der Waals surface area contributed by atoms with Crippen molar-refractivity contribution in [3.05, 3.63) is 83.9 Å². The SMILES string of the molecule is CC(=O)c1ccc(N(c2ccc(C(C)(C)C)cc2)c2ccccc2O)cc1. The molecule has 3 aromatic rings. The molecule has 3 aromatic carbocycles. The Balaban J connectivity index is 2.11. The third kappa shape index (κ3) is 4.03. The van der Waals surface area contributed by atoms with Gasteiger partial charge in [-0.25, -0.2) is 0 Å². The normalized spacial score (nSPS) is 11.3. The predicted octanol–water partition coefficient (Wildman–Crippen LogP) is 6.36. The number of Topliss-reactive ketones (excluding diaryl/α,β-unsaturated/α-hetero) is 1. The lowest BCUT2D eigenvalue weighted by Gasteiger charge is -2.27. The minimum absolute atomic E-state index is 0.0326. The van der Waals surface area contributed by atoms with E-state index in [1.54, 1.807) is 19.1 Å². The Kier molecular flexibility index (Phi) is 5.04. The molecule has 0 amide bonds. The van der Waals surface area contributed by atoms with Crippen LogP contribution in [0, 0.1) is 0 Å². The Morgan fingerprint density at radius 3 is 1.81 bits per heavy atom. The number of hydrogen-bond donors (Lipinski definition) is 1. The zero-order chi connectivity index (χ0) is 19.6. The average molecular weight is 359 g/mol. The van der Waals surface area contributed by atoms with E-state index < -0.39 is 0 Å². The molecule has 0 heterocycles. The van der Waals surface area contributed by atoms with Gasteiger partial charge in [0.15, 0.2) is 5.78 Å². The number of carbonyl (C=O) groups is 1. The van der Waals surface area contributed by atoms with Gasteiger partial charge in [0.05, 0.1) is 5.69 Å². The second-order valence-corrected chi connectivity index (χ2v) is 7.72. The number of nitrogens with zero attached hydrogens (tertiary/aromatic N) is 1. The molecule has 0 unspecified atom stereocenters. The summed E-state index contributed by atoms with van der Waals surface area (Å²) in [5, 5.41) is 10.4. The number of anilines is 3. The fourth-order valence-electron chi connectivity index (χ4n) is 3.04. The number of phenolic OH excluding ortho intramolecular Hbond substituents is 1. The number of phenols is 1. The van der Waals surface area contributed by atoms with E-state index in [9.17, 15) is 9.90 Å². The highest BCUT2D eigenvalue weighted by molar-refractivity contribution is 5.94. The van der Waals surface area contributed by atoms with Gasteiger partial charge in [-0.1, -0.05) is 45.0 Å². The minimum Gasteiger partial charge on any atom is -0.506 e. The molecule has 0 bridgehead atoms. The molecule has 0 aliphatic rings. The van der Waals surface area contributed by atoms with Gasteiger partial charge in [0, 0.05) is 16.9 Å². The standard InChI is InChI=1S/C24H25NO2/c1-17(26)18-9-13-20(14-10-18)25(22-7-5-6-8-23(22)27)21-15-11-19(12-16-21)24(2,3)4/h5-16,27H,1-4H3. The maximum Gasteiger partial charge on any atom is 0.159 e. The summed E-state index contributed by atoms with van der Waals surface area (Å²) < 4.78 is 0. The summed E-state index contributed by atoms with van der Waals surface area (Å²) in [5.41, 5.74) is 4.50. The molecule has 3 rings (SSSR count). The van der Waals surface area contributed by atoms with Crippen molar-refractivity contribution in [2.45, 2.75) is 33.1 Å². The molecule has 0 aliphatic heterocycles. The highest BCUT2D eigenvalue weighted by atomic mass is 16.3. The van der Waals surface area contributed by atoms with Crippen LogP contribution < -0.4 is 4.90 Å². The summed E-state index contributed by atoms with van der Waals surface area (Å²) in [7, 11) is 0. The lowest BCUT2D eigenvalue weighted by Crippen LogP contribution is -2.13. The Bertz CT molecular complexity index is 935. The van der Waals surface area contributed by atoms with E-state index >= 15 is 0 Å². The lowest BCUT2D eigenvalue weighted by atomic mass is 9.87. The molecule has 0 spiro atoms. The monoisotopic (exact) mass is 359 g/mol. The predicted molar refractivity (Wildman–Crippen MR) is 111 cm³/mol. The zero-order valence-corrected chi connectivity index (χ0v) is 16.2. The van der Waals surface area contributed by atoms with Crippen molar-refractivity contribution in [1.29, 1.82) is 0 Å². The summed E-state index contributed by atoms with van der Waals surface area (Å²) >= 11 is 0. The van der Waals surface area contributed by atoms with Gasteiger partial charge < -0.3 is 10.0 Å². The van der Waals surface area contributed by atoms with Crippen LogP contribution in [0.15, 0.2) is 72.8 Å². The smallest absolute Gasteiger partial charge is 0.159 e. The molecule has 0 fully saturated rings. The van der Waals surface area contributed by atoms with Crippen molar-refractivity contribution in [3.8, 4) is 5.75 Å². The largest absolute Gasteiger partial charge is 0.506 e. The van der Waals surface area contributed by atoms with Gasteiger partial charge in [0.2, 0.25) is 0 Å². The van der Waals surface area contributed by atoms with Crippen LogP contribution in [0.1, 0.15) is 43.6 Å². The van der Waals surface area contributed by atoms with Crippen molar-refractivity contribution < 1.29 is 9.90 Å². The first kappa shape index (κ1) is 18.7. The first-order valence-corrected chi connectivity index (χ1v) is 9.07. The van der Waals surface area contributed by atoms with Gasteiger partial charge in [0.1, 0.15) is 5.75 Å². The van der Waals surface area contributed by atoms with Crippen LogP contribution in [0.4, 0.5) is 17.1 Å². The lowest BCUT2D eigenvalue weighted by molar-refractivity contribution is 0.101. The maximum absolute atomic E-state index is 11.6. The molecule has 27 heavy (non-hydrogen) atoms. The van der Waals surface area contributed by atoms with Gasteiger partial charge >= 0.3 is 0 Å². The Labute approximate surface area is 160 Å².